The summed E-state index contributed by atoms with van der Waals surface area (Å²) in [6, 6.07) is 11.3. The molecule has 0 aromatic heterocycles. The van der Waals surface area contributed by atoms with Crippen molar-refractivity contribution in [3.8, 4) is 0 Å². The Morgan fingerprint density at radius 2 is 2.00 bits per heavy atom. The molecule has 2 aliphatic heterocycles. The van der Waals surface area contributed by atoms with Crippen molar-refractivity contribution in [2.45, 2.75) is 57.7 Å². The molecule has 0 saturated carbocycles. The molecular formula is C22H35N3O2. The largest absolute Gasteiger partial charge is 0.375 e. The Morgan fingerprint density at radius 3 is 2.67 bits per heavy atom. The smallest absolute Gasteiger partial charge is 0.317 e. The van der Waals surface area contributed by atoms with Crippen molar-refractivity contribution >= 4 is 6.03 Å². The van der Waals surface area contributed by atoms with Crippen LogP contribution < -0.4 is 5.32 Å². The topological polar surface area (TPSA) is 44.8 Å². The van der Waals surface area contributed by atoms with Gasteiger partial charge in [-0.05, 0) is 44.2 Å². The Balaban J connectivity index is 1.51. The van der Waals surface area contributed by atoms with Crippen LogP contribution in [0.5, 0.6) is 0 Å². The molecule has 2 heterocycles. The van der Waals surface area contributed by atoms with Crippen molar-refractivity contribution in [1.29, 1.82) is 0 Å². The predicted molar refractivity (Wildman–Crippen MR) is 109 cm³/mol. The van der Waals surface area contributed by atoms with Crippen molar-refractivity contribution in [2.75, 3.05) is 33.3 Å². The standard InChI is InChI=1S/C22H35N3O2/c1-18(2)16-23-21(26)25-12-10-22(11-13-25)15-20(9-14-27-22)24(3)17-19-7-5-4-6-8-19/h4-8,18,20H,9-17H2,1-3H3,(H,23,26). The highest BCUT2D eigenvalue weighted by molar-refractivity contribution is 5.74. The van der Waals surface area contributed by atoms with Gasteiger partial charge in [-0.3, -0.25) is 4.90 Å². The maximum Gasteiger partial charge on any atom is 0.317 e. The van der Waals surface area contributed by atoms with Crippen LogP contribution in [0, 0.1) is 5.92 Å². The second kappa shape index (κ2) is 9.07. The third-order valence-electron chi connectivity index (χ3n) is 5.99. The molecule has 1 N–H and O–H groups in total. The predicted octanol–water partition coefficient (Wildman–Crippen LogP) is 3.50. The van der Waals surface area contributed by atoms with Gasteiger partial charge in [0.2, 0.25) is 0 Å². The first kappa shape index (κ1) is 20.2. The normalized spacial score (nSPS) is 22.4. The minimum absolute atomic E-state index is 0.0529. The van der Waals surface area contributed by atoms with Gasteiger partial charge in [0.1, 0.15) is 0 Å². The molecule has 1 unspecified atom stereocenters. The van der Waals surface area contributed by atoms with E-state index in [2.05, 4.69) is 61.4 Å². The maximum atomic E-state index is 12.3. The van der Waals surface area contributed by atoms with Gasteiger partial charge in [-0.15, -0.1) is 0 Å². The lowest BCUT2D eigenvalue weighted by Gasteiger charge is -2.48. The van der Waals surface area contributed by atoms with E-state index in [9.17, 15) is 4.79 Å². The maximum absolute atomic E-state index is 12.3. The number of hydrogen-bond donors (Lipinski definition) is 1. The van der Waals surface area contributed by atoms with E-state index < -0.39 is 0 Å². The molecule has 1 spiro atoms. The summed E-state index contributed by atoms with van der Waals surface area (Å²) in [5, 5.41) is 3.04. The molecule has 2 amide bonds. The third-order valence-corrected chi connectivity index (χ3v) is 5.99. The molecule has 5 heteroatoms. The fourth-order valence-corrected chi connectivity index (χ4v) is 4.25. The molecule has 2 fully saturated rings. The molecule has 1 aromatic rings. The summed E-state index contributed by atoms with van der Waals surface area (Å²) in [5.74, 6) is 0.479. The van der Waals surface area contributed by atoms with Gasteiger partial charge >= 0.3 is 6.03 Å². The van der Waals surface area contributed by atoms with Crippen molar-refractivity contribution < 1.29 is 9.53 Å². The molecule has 0 radical (unpaired) electrons. The summed E-state index contributed by atoms with van der Waals surface area (Å²) in [5.41, 5.74) is 1.31. The van der Waals surface area contributed by atoms with Crippen LogP contribution >= 0.6 is 0 Å². The molecule has 0 aliphatic carbocycles. The van der Waals surface area contributed by atoms with E-state index in [1.165, 1.54) is 5.56 Å². The highest BCUT2D eigenvalue weighted by Gasteiger charge is 2.42. The third kappa shape index (κ3) is 5.45. The Hall–Kier alpha value is -1.59. The van der Waals surface area contributed by atoms with Crippen LogP contribution in [0.2, 0.25) is 0 Å². The Kier molecular flexibility index (Phi) is 6.77. The molecule has 150 valence electrons. The first-order valence-corrected chi connectivity index (χ1v) is 10.4. The number of rotatable bonds is 5. The summed E-state index contributed by atoms with van der Waals surface area (Å²) in [6.07, 6.45) is 4.04. The van der Waals surface area contributed by atoms with Gasteiger partial charge in [-0.2, -0.15) is 0 Å². The first-order valence-electron chi connectivity index (χ1n) is 10.4. The van der Waals surface area contributed by atoms with Crippen LogP contribution in [-0.4, -0.2) is 60.8 Å². The quantitative estimate of drug-likeness (QED) is 0.859. The van der Waals surface area contributed by atoms with Crippen molar-refractivity contribution in [1.82, 2.24) is 15.1 Å². The van der Waals surface area contributed by atoms with Crippen LogP contribution in [0.3, 0.4) is 0 Å². The fourth-order valence-electron chi connectivity index (χ4n) is 4.25. The van der Waals surface area contributed by atoms with Crippen LogP contribution in [0.15, 0.2) is 30.3 Å². The lowest BCUT2D eigenvalue weighted by atomic mass is 9.82. The number of urea groups is 1. The molecule has 2 saturated heterocycles. The van der Waals surface area contributed by atoms with E-state index >= 15 is 0 Å². The highest BCUT2D eigenvalue weighted by atomic mass is 16.5. The number of likely N-dealkylation sites (tertiary alicyclic amines) is 1. The average molecular weight is 374 g/mol. The van der Waals surface area contributed by atoms with Crippen LogP contribution in [-0.2, 0) is 11.3 Å². The van der Waals surface area contributed by atoms with E-state index in [1.54, 1.807) is 0 Å². The number of piperidine rings is 1. The van der Waals surface area contributed by atoms with Gasteiger partial charge in [0.25, 0.3) is 0 Å². The van der Waals surface area contributed by atoms with E-state index in [4.69, 9.17) is 4.74 Å². The molecular weight excluding hydrogens is 338 g/mol. The minimum Gasteiger partial charge on any atom is -0.375 e. The van der Waals surface area contributed by atoms with Gasteiger partial charge < -0.3 is 15.0 Å². The van der Waals surface area contributed by atoms with Gasteiger partial charge in [0.05, 0.1) is 5.60 Å². The van der Waals surface area contributed by atoms with Crippen molar-refractivity contribution in [3.05, 3.63) is 35.9 Å². The zero-order valence-corrected chi connectivity index (χ0v) is 17.1. The molecule has 1 atom stereocenters. The number of nitrogens with one attached hydrogen (secondary N) is 1. The van der Waals surface area contributed by atoms with Gasteiger partial charge in [-0.25, -0.2) is 4.79 Å². The summed E-state index contributed by atoms with van der Waals surface area (Å²) < 4.78 is 6.28. The molecule has 5 nitrogen and oxygen atoms in total. The second-order valence-corrected chi connectivity index (χ2v) is 8.65. The Morgan fingerprint density at radius 1 is 1.30 bits per heavy atom. The number of amides is 2. The zero-order chi connectivity index (χ0) is 19.3. The summed E-state index contributed by atoms with van der Waals surface area (Å²) in [7, 11) is 2.23. The fraction of sp³-hybridized carbons (Fsp3) is 0.682. The summed E-state index contributed by atoms with van der Waals surface area (Å²) in [6.45, 7) is 8.36. The number of benzene rings is 1. The zero-order valence-electron chi connectivity index (χ0n) is 17.1. The monoisotopic (exact) mass is 373 g/mol. The van der Waals surface area contributed by atoms with E-state index in [-0.39, 0.29) is 11.6 Å². The van der Waals surface area contributed by atoms with Crippen LogP contribution in [0.4, 0.5) is 4.79 Å². The van der Waals surface area contributed by atoms with Crippen LogP contribution in [0.1, 0.15) is 45.1 Å². The van der Waals surface area contributed by atoms with E-state index in [1.807, 2.05) is 4.90 Å². The number of hydrogen-bond acceptors (Lipinski definition) is 3. The van der Waals surface area contributed by atoms with Gasteiger partial charge in [0, 0.05) is 38.8 Å². The SMILES string of the molecule is CC(C)CNC(=O)N1CCC2(CC1)CC(N(C)Cc1ccccc1)CCO2. The number of nitrogens with zero attached hydrogens (tertiary/aromatic N) is 2. The molecule has 2 aliphatic rings. The lowest BCUT2D eigenvalue weighted by molar-refractivity contribution is -0.128. The minimum atomic E-state index is -0.0529. The summed E-state index contributed by atoms with van der Waals surface area (Å²) in [4.78, 5) is 16.7. The number of carbonyl (C=O) groups is 1. The second-order valence-electron chi connectivity index (χ2n) is 8.65. The molecule has 0 bridgehead atoms. The molecule has 3 rings (SSSR count). The van der Waals surface area contributed by atoms with Gasteiger partial charge in [0.15, 0.2) is 0 Å². The van der Waals surface area contributed by atoms with Crippen molar-refractivity contribution in [3.63, 3.8) is 0 Å². The van der Waals surface area contributed by atoms with Crippen LogP contribution in [0.25, 0.3) is 0 Å². The lowest BCUT2D eigenvalue weighted by Crippen LogP contribution is -2.55. The number of carbonyl (C=O) groups excluding carboxylic acids is 1. The number of ether oxygens (including phenoxy) is 1. The van der Waals surface area contributed by atoms with E-state index in [0.29, 0.717) is 12.0 Å². The first-order chi connectivity index (χ1) is 13.0. The van der Waals surface area contributed by atoms with Gasteiger partial charge in [-0.1, -0.05) is 44.2 Å². The Bertz CT molecular complexity index is 597. The highest BCUT2D eigenvalue weighted by Crippen LogP contribution is 2.36. The summed E-state index contributed by atoms with van der Waals surface area (Å²) >= 11 is 0. The van der Waals surface area contributed by atoms with Crippen molar-refractivity contribution in [2.24, 2.45) is 5.92 Å². The molecule has 27 heavy (non-hydrogen) atoms. The Labute approximate surface area is 164 Å². The molecule has 1 aromatic carbocycles. The average Bonchev–Trinajstić information content (AvgIpc) is 2.67. The van der Waals surface area contributed by atoms with E-state index in [0.717, 1.165) is 58.5 Å².